The molecule has 10 heavy (non-hydrogen) atoms. The minimum atomic E-state index is 0.682. The van der Waals surface area contributed by atoms with Crippen LogP contribution in [0.4, 0.5) is 4.39 Å². The first kappa shape index (κ1) is 6.35. The first-order valence-electron chi connectivity index (χ1n) is 3.92. The molecular formula is C8H12FN. The molecule has 2 aliphatic rings. The van der Waals surface area contributed by atoms with Gasteiger partial charge in [-0.3, -0.25) is 4.90 Å². The number of fused-ring (bicyclic) bond motifs is 1. The Morgan fingerprint density at radius 3 is 3.20 bits per heavy atom. The van der Waals surface area contributed by atoms with Gasteiger partial charge in [-0.2, -0.15) is 0 Å². The second kappa shape index (κ2) is 2.35. The molecule has 0 amide bonds. The molecule has 0 saturated carbocycles. The molecule has 1 nitrogen and oxygen atoms in total. The topological polar surface area (TPSA) is 3.24 Å². The molecule has 0 aliphatic carbocycles. The van der Waals surface area contributed by atoms with Gasteiger partial charge in [0.15, 0.2) is 0 Å². The minimum absolute atomic E-state index is 0.682. The molecule has 1 atom stereocenters. The summed E-state index contributed by atoms with van der Waals surface area (Å²) in [6, 6.07) is 0.682. The molecule has 56 valence electrons. The Morgan fingerprint density at radius 1 is 1.60 bits per heavy atom. The molecule has 2 heteroatoms. The Bertz CT molecular complexity index is 151. The maximum Gasteiger partial charge on any atom is 0.0872 e. The largest absolute Gasteiger partial charge is 0.296 e. The highest BCUT2D eigenvalue weighted by Gasteiger charge is 2.31. The van der Waals surface area contributed by atoms with Crippen LogP contribution in [0.5, 0.6) is 0 Å². The molecule has 0 bridgehead atoms. The summed E-state index contributed by atoms with van der Waals surface area (Å²) >= 11 is 0. The fourth-order valence-corrected chi connectivity index (χ4v) is 2.04. The van der Waals surface area contributed by atoms with Crippen molar-refractivity contribution in [1.82, 2.24) is 4.90 Å². The van der Waals surface area contributed by atoms with Crippen LogP contribution in [0.25, 0.3) is 0 Å². The maximum absolute atomic E-state index is 12.0. The molecule has 0 radical (unpaired) electrons. The van der Waals surface area contributed by atoms with E-state index in [1.807, 2.05) is 0 Å². The molecule has 2 heterocycles. The Balaban J connectivity index is 2.07. The highest BCUT2D eigenvalue weighted by atomic mass is 19.1. The van der Waals surface area contributed by atoms with E-state index in [2.05, 4.69) is 4.90 Å². The second-order valence-electron chi connectivity index (χ2n) is 3.24. The first-order chi connectivity index (χ1) is 4.90. The summed E-state index contributed by atoms with van der Waals surface area (Å²) in [5.41, 5.74) is 0.990. The molecule has 0 aromatic rings. The average molecular weight is 141 g/mol. The molecule has 2 rings (SSSR count). The molecular weight excluding hydrogens is 129 g/mol. The van der Waals surface area contributed by atoms with Gasteiger partial charge >= 0.3 is 0 Å². The number of rotatable bonds is 0. The third-order valence-electron chi connectivity index (χ3n) is 2.56. The molecule has 1 unspecified atom stereocenters. The summed E-state index contributed by atoms with van der Waals surface area (Å²) in [4.78, 5) is 2.38. The summed E-state index contributed by atoms with van der Waals surface area (Å²) in [7, 11) is 0. The number of halogens is 1. The molecule has 2 aliphatic heterocycles. The summed E-state index contributed by atoms with van der Waals surface area (Å²) in [6.07, 6.45) is 4.36. The van der Waals surface area contributed by atoms with E-state index >= 15 is 0 Å². The monoisotopic (exact) mass is 141 g/mol. The van der Waals surface area contributed by atoms with Crippen LogP contribution in [0.1, 0.15) is 19.3 Å². The van der Waals surface area contributed by atoms with Gasteiger partial charge in [-0.15, -0.1) is 0 Å². The van der Waals surface area contributed by atoms with Gasteiger partial charge in [0, 0.05) is 12.6 Å². The van der Waals surface area contributed by atoms with Crippen LogP contribution in [-0.2, 0) is 0 Å². The smallest absolute Gasteiger partial charge is 0.0872 e. The van der Waals surface area contributed by atoms with Crippen molar-refractivity contribution in [2.24, 2.45) is 0 Å². The minimum Gasteiger partial charge on any atom is -0.296 e. The lowest BCUT2D eigenvalue weighted by Gasteiger charge is -2.11. The molecule has 0 aromatic carbocycles. The molecule has 2 saturated heterocycles. The molecule has 0 N–H and O–H groups in total. The van der Waals surface area contributed by atoms with Gasteiger partial charge in [0.2, 0.25) is 0 Å². The standard InChI is InChI=1S/C8H12FN/c9-5-7-4-8-2-1-3-10(8)6-7/h5,8H,1-4,6H2. The van der Waals surface area contributed by atoms with Gasteiger partial charge in [0.05, 0.1) is 6.33 Å². The predicted molar refractivity (Wildman–Crippen MR) is 38.4 cm³/mol. The third-order valence-corrected chi connectivity index (χ3v) is 2.56. The maximum atomic E-state index is 12.0. The van der Waals surface area contributed by atoms with Crippen molar-refractivity contribution in [3.05, 3.63) is 11.9 Å². The van der Waals surface area contributed by atoms with Crippen LogP contribution in [0.2, 0.25) is 0 Å². The number of hydrogen-bond donors (Lipinski definition) is 0. The van der Waals surface area contributed by atoms with E-state index in [9.17, 15) is 4.39 Å². The fraction of sp³-hybridized carbons (Fsp3) is 0.750. The highest BCUT2D eigenvalue weighted by Crippen LogP contribution is 2.30. The van der Waals surface area contributed by atoms with Crippen molar-refractivity contribution in [1.29, 1.82) is 0 Å². The van der Waals surface area contributed by atoms with Crippen molar-refractivity contribution in [2.45, 2.75) is 25.3 Å². The number of nitrogens with zero attached hydrogens (tertiary/aromatic N) is 1. The van der Waals surface area contributed by atoms with E-state index in [1.165, 1.54) is 19.4 Å². The van der Waals surface area contributed by atoms with Gasteiger partial charge < -0.3 is 0 Å². The summed E-state index contributed by atoms with van der Waals surface area (Å²) in [5.74, 6) is 0. The van der Waals surface area contributed by atoms with Crippen molar-refractivity contribution in [3.63, 3.8) is 0 Å². The normalized spacial score (nSPS) is 37.3. The predicted octanol–water partition coefficient (Wildman–Crippen LogP) is 1.71. The van der Waals surface area contributed by atoms with Gasteiger partial charge in [0.1, 0.15) is 0 Å². The van der Waals surface area contributed by atoms with Crippen molar-refractivity contribution < 1.29 is 4.39 Å². The van der Waals surface area contributed by atoms with Crippen molar-refractivity contribution in [2.75, 3.05) is 13.1 Å². The van der Waals surface area contributed by atoms with Crippen LogP contribution in [0, 0.1) is 0 Å². The first-order valence-corrected chi connectivity index (χ1v) is 3.92. The Labute approximate surface area is 60.5 Å². The number of hydrogen-bond acceptors (Lipinski definition) is 1. The van der Waals surface area contributed by atoms with E-state index in [0.717, 1.165) is 24.9 Å². The van der Waals surface area contributed by atoms with Crippen LogP contribution in [0.15, 0.2) is 11.9 Å². The lowest BCUT2D eigenvalue weighted by Crippen LogP contribution is -2.21. The van der Waals surface area contributed by atoms with Crippen LogP contribution >= 0.6 is 0 Å². The highest BCUT2D eigenvalue weighted by molar-refractivity contribution is 5.11. The van der Waals surface area contributed by atoms with Crippen molar-refractivity contribution >= 4 is 0 Å². The Kier molecular flexibility index (Phi) is 1.49. The zero-order chi connectivity index (χ0) is 6.97. The fourth-order valence-electron chi connectivity index (χ4n) is 2.04. The summed E-state index contributed by atoms with van der Waals surface area (Å²) in [6.45, 7) is 2.07. The lowest BCUT2D eigenvalue weighted by atomic mass is 10.1. The molecule has 0 aromatic heterocycles. The summed E-state index contributed by atoms with van der Waals surface area (Å²) in [5, 5.41) is 0. The van der Waals surface area contributed by atoms with Crippen LogP contribution in [-0.4, -0.2) is 24.0 Å². The summed E-state index contributed by atoms with van der Waals surface area (Å²) < 4.78 is 12.0. The van der Waals surface area contributed by atoms with E-state index < -0.39 is 0 Å². The van der Waals surface area contributed by atoms with Crippen LogP contribution in [0.3, 0.4) is 0 Å². The average Bonchev–Trinajstić information content (AvgIpc) is 2.42. The van der Waals surface area contributed by atoms with Gasteiger partial charge in [-0.1, -0.05) is 0 Å². The quantitative estimate of drug-likeness (QED) is 0.496. The lowest BCUT2D eigenvalue weighted by molar-refractivity contribution is 0.327. The van der Waals surface area contributed by atoms with Gasteiger partial charge in [-0.05, 0) is 31.4 Å². The van der Waals surface area contributed by atoms with E-state index in [-0.39, 0.29) is 0 Å². The Morgan fingerprint density at radius 2 is 2.50 bits per heavy atom. The van der Waals surface area contributed by atoms with Crippen molar-refractivity contribution in [3.8, 4) is 0 Å². The van der Waals surface area contributed by atoms with Gasteiger partial charge in [-0.25, -0.2) is 4.39 Å². The molecule has 0 spiro atoms. The van der Waals surface area contributed by atoms with E-state index in [4.69, 9.17) is 0 Å². The zero-order valence-electron chi connectivity index (χ0n) is 6.02. The Hall–Kier alpha value is -0.370. The molecule has 2 fully saturated rings. The zero-order valence-corrected chi connectivity index (χ0v) is 6.02. The van der Waals surface area contributed by atoms with E-state index in [1.54, 1.807) is 0 Å². The second-order valence-corrected chi connectivity index (χ2v) is 3.24. The van der Waals surface area contributed by atoms with E-state index in [0.29, 0.717) is 6.04 Å². The van der Waals surface area contributed by atoms with Crippen LogP contribution < -0.4 is 0 Å². The SMILES string of the molecule is FC=C1CC2CCCN2C1. The van der Waals surface area contributed by atoms with Gasteiger partial charge in [0.25, 0.3) is 0 Å². The third kappa shape index (κ3) is 0.870.